The fourth-order valence-corrected chi connectivity index (χ4v) is 4.24. The molecule has 164 valence electrons. The summed E-state index contributed by atoms with van der Waals surface area (Å²) in [6.45, 7) is 1.89. The van der Waals surface area contributed by atoms with E-state index in [1.165, 1.54) is 7.11 Å². The summed E-state index contributed by atoms with van der Waals surface area (Å²) in [5.41, 5.74) is 1.31. The molecular weight excluding hydrogens is 408 g/mol. The second-order valence-electron chi connectivity index (χ2n) is 6.67. The molecule has 8 nitrogen and oxygen atoms in total. The van der Waals surface area contributed by atoms with Crippen LogP contribution in [0.3, 0.4) is 0 Å². The van der Waals surface area contributed by atoms with Crippen LogP contribution in [0.5, 0.6) is 17.2 Å². The van der Waals surface area contributed by atoms with E-state index in [1.54, 1.807) is 51.5 Å². The van der Waals surface area contributed by atoms with E-state index in [-0.39, 0.29) is 0 Å². The topological polar surface area (TPSA) is 94.2 Å². The third-order valence-corrected chi connectivity index (χ3v) is 5.80. The summed E-state index contributed by atoms with van der Waals surface area (Å²) in [7, 11) is 0.923. The summed E-state index contributed by atoms with van der Waals surface area (Å²) < 4.78 is 41.5. The van der Waals surface area contributed by atoms with Crippen LogP contribution in [0.4, 0.5) is 5.69 Å². The maximum Gasteiger partial charge on any atom is 0.243 e. The summed E-state index contributed by atoms with van der Waals surface area (Å²) in [5.74, 6) is 1.34. The van der Waals surface area contributed by atoms with Gasteiger partial charge in [0.1, 0.15) is 11.8 Å². The molecule has 0 radical (unpaired) electrons. The lowest BCUT2D eigenvalue weighted by Gasteiger charge is -2.28. The molecule has 30 heavy (non-hydrogen) atoms. The van der Waals surface area contributed by atoms with Gasteiger partial charge in [-0.1, -0.05) is 12.1 Å². The highest BCUT2D eigenvalue weighted by atomic mass is 32.2. The molecule has 9 heteroatoms. The van der Waals surface area contributed by atoms with Gasteiger partial charge in [0.15, 0.2) is 11.5 Å². The summed E-state index contributed by atoms with van der Waals surface area (Å²) in [5, 5.41) is 2.80. The number of carbonyl (C=O) groups excluding carboxylic acids is 1. The van der Waals surface area contributed by atoms with Crippen molar-refractivity contribution in [1.82, 2.24) is 5.32 Å². The van der Waals surface area contributed by atoms with Gasteiger partial charge in [-0.3, -0.25) is 9.10 Å². The van der Waals surface area contributed by atoms with Crippen molar-refractivity contribution in [3.8, 4) is 17.2 Å². The van der Waals surface area contributed by atoms with Crippen LogP contribution in [0.15, 0.2) is 42.5 Å². The minimum absolute atomic E-state index is 0.342. The van der Waals surface area contributed by atoms with Crippen LogP contribution in [0.2, 0.25) is 0 Å². The molecule has 2 aromatic rings. The third-order valence-electron chi connectivity index (χ3n) is 4.56. The van der Waals surface area contributed by atoms with Crippen LogP contribution in [0.1, 0.15) is 12.5 Å². The first-order valence-electron chi connectivity index (χ1n) is 9.33. The predicted octanol–water partition coefficient (Wildman–Crippen LogP) is 2.23. The maximum atomic E-state index is 12.7. The maximum absolute atomic E-state index is 12.7. The van der Waals surface area contributed by atoms with Crippen molar-refractivity contribution in [3.63, 3.8) is 0 Å². The first-order chi connectivity index (χ1) is 14.2. The van der Waals surface area contributed by atoms with Crippen molar-refractivity contribution in [3.05, 3.63) is 48.0 Å². The molecule has 0 aliphatic heterocycles. The Morgan fingerprint density at radius 1 is 1.03 bits per heavy atom. The SMILES string of the molecule is COc1cccc(N([C@@H](C)C(=O)NCCc2ccc(OC)c(OC)c2)S(C)(=O)=O)c1. The van der Waals surface area contributed by atoms with Crippen LogP contribution in [0, 0.1) is 0 Å². The summed E-state index contributed by atoms with van der Waals surface area (Å²) in [6, 6.07) is 11.2. The third kappa shape index (κ3) is 5.79. The van der Waals surface area contributed by atoms with Gasteiger partial charge in [0.25, 0.3) is 0 Å². The lowest BCUT2D eigenvalue weighted by atomic mass is 10.1. The van der Waals surface area contributed by atoms with E-state index in [4.69, 9.17) is 14.2 Å². The van der Waals surface area contributed by atoms with Crippen molar-refractivity contribution < 1.29 is 27.4 Å². The minimum atomic E-state index is -3.69. The molecule has 0 heterocycles. The molecule has 1 atom stereocenters. The Bertz CT molecular complexity index is 977. The fourth-order valence-electron chi connectivity index (χ4n) is 3.07. The van der Waals surface area contributed by atoms with Crippen molar-refractivity contribution in [2.24, 2.45) is 0 Å². The molecule has 1 amide bonds. The number of nitrogens with one attached hydrogen (secondary N) is 1. The number of ether oxygens (including phenoxy) is 3. The fraction of sp³-hybridized carbons (Fsp3) is 0.381. The smallest absolute Gasteiger partial charge is 0.243 e. The van der Waals surface area contributed by atoms with Gasteiger partial charge in [0.2, 0.25) is 15.9 Å². The molecular formula is C21H28N2O6S. The Morgan fingerprint density at radius 2 is 1.73 bits per heavy atom. The molecule has 2 rings (SSSR count). The van der Waals surface area contributed by atoms with Crippen LogP contribution >= 0.6 is 0 Å². The Labute approximate surface area is 177 Å². The van der Waals surface area contributed by atoms with E-state index in [9.17, 15) is 13.2 Å². The zero-order valence-corrected chi connectivity index (χ0v) is 18.7. The Kier molecular flexibility index (Phi) is 7.93. The van der Waals surface area contributed by atoms with Crippen molar-refractivity contribution >= 4 is 21.6 Å². The van der Waals surface area contributed by atoms with Crippen molar-refractivity contribution in [2.45, 2.75) is 19.4 Å². The van der Waals surface area contributed by atoms with E-state index >= 15 is 0 Å². The first kappa shape index (κ1) is 23.3. The van der Waals surface area contributed by atoms with Gasteiger partial charge in [-0.25, -0.2) is 8.42 Å². The van der Waals surface area contributed by atoms with Gasteiger partial charge in [-0.15, -0.1) is 0 Å². The summed E-state index contributed by atoms with van der Waals surface area (Å²) in [6.07, 6.45) is 1.62. The molecule has 2 aromatic carbocycles. The number of rotatable bonds is 10. The standard InChI is InChI=1S/C21H28N2O6S/c1-15(23(30(5,25)26)17-7-6-8-18(14-17)27-2)21(24)22-12-11-16-9-10-19(28-3)20(13-16)29-4/h6-10,13-15H,11-12H2,1-5H3,(H,22,24)/t15-/m0/s1. The predicted molar refractivity (Wildman–Crippen MR) is 116 cm³/mol. The zero-order chi connectivity index (χ0) is 22.3. The Hall–Kier alpha value is -2.94. The molecule has 1 N–H and O–H groups in total. The Morgan fingerprint density at radius 3 is 2.33 bits per heavy atom. The van der Waals surface area contributed by atoms with E-state index < -0.39 is 22.0 Å². The van der Waals surface area contributed by atoms with Crippen molar-refractivity contribution in [2.75, 3.05) is 38.4 Å². The van der Waals surface area contributed by atoms with Crippen LogP contribution in [0.25, 0.3) is 0 Å². The molecule has 0 saturated heterocycles. The average Bonchev–Trinajstić information content (AvgIpc) is 2.72. The highest BCUT2D eigenvalue weighted by Gasteiger charge is 2.29. The van der Waals surface area contributed by atoms with Gasteiger partial charge < -0.3 is 19.5 Å². The van der Waals surface area contributed by atoms with E-state index in [0.717, 1.165) is 16.1 Å². The number of anilines is 1. The highest BCUT2D eigenvalue weighted by molar-refractivity contribution is 7.92. The van der Waals surface area contributed by atoms with E-state index in [1.807, 2.05) is 12.1 Å². The number of benzene rings is 2. The van der Waals surface area contributed by atoms with Gasteiger partial charge in [0.05, 0.1) is 33.3 Å². The summed E-state index contributed by atoms with van der Waals surface area (Å²) >= 11 is 0. The Balaban J connectivity index is 2.09. The largest absolute Gasteiger partial charge is 0.497 e. The van der Waals surface area contributed by atoms with E-state index in [0.29, 0.717) is 35.9 Å². The second kappa shape index (κ2) is 10.2. The second-order valence-corrected chi connectivity index (χ2v) is 8.53. The number of carbonyl (C=O) groups is 1. The van der Waals surface area contributed by atoms with Gasteiger partial charge in [-0.2, -0.15) is 0 Å². The normalized spacial score (nSPS) is 12.0. The first-order valence-corrected chi connectivity index (χ1v) is 11.2. The molecule has 0 aliphatic carbocycles. The number of nitrogens with zero attached hydrogens (tertiary/aromatic N) is 1. The quantitative estimate of drug-likeness (QED) is 0.614. The number of amides is 1. The van der Waals surface area contributed by atoms with E-state index in [2.05, 4.69) is 5.32 Å². The van der Waals surface area contributed by atoms with Crippen LogP contribution in [-0.2, 0) is 21.2 Å². The molecule has 0 bridgehead atoms. The van der Waals surface area contributed by atoms with Gasteiger partial charge in [0, 0.05) is 12.6 Å². The number of sulfonamides is 1. The van der Waals surface area contributed by atoms with Crippen molar-refractivity contribution in [1.29, 1.82) is 0 Å². The van der Waals surface area contributed by atoms with Gasteiger partial charge >= 0.3 is 0 Å². The number of hydrogen-bond acceptors (Lipinski definition) is 6. The minimum Gasteiger partial charge on any atom is -0.497 e. The highest BCUT2D eigenvalue weighted by Crippen LogP contribution is 2.28. The zero-order valence-electron chi connectivity index (χ0n) is 17.8. The molecule has 0 aromatic heterocycles. The lowest BCUT2D eigenvalue weighted by molar-refractivity contribution is -0.121. The number of methoxy groups -OCH3 is 3. The molecule has 0 unspecified atom stereocenters. The average molecular weight is 437 g/mol. The van der Waals surface area contributed by atoms with Gasteiger partial charge in [-0.05, 0) is 43.2 Å². The lowest BCUT2D eigenvalue weighted by Crippen LogP contribution is -2.48. The monoisotopic (exact) mass is 436 g/mol. The number of hydrogen-bond donors (Lipinski definition) is 1. The summed E-state index contributed by atoms with van der Waals surface area (Å²) in [4.78, 5) is 12.7. The van der Waals surface area contributed by atoms with Crippen LogP contribution < -0.4 is 23.8 Å². The van der Waals surface area contributed by atoms with Crippen LogP contribution in [-0.4, -0.2) is 54.5 Å². The molecule has 0 fully saturated rings. The molecule has 0 spiro atoms. The molecule has 0 saturated carbocycles. The molecule has 0 aliphatic rings.